The highest BCUT2D eigenvalue weighted by molar-refractivity contribution is 8.02. The van der Waals surface area contributed by atoms with Crippen molar-refractivity contribution in [1.29, 1.82) is 0 Å². The van der Waals surface area contributed by atoms with Gasteiger partial charge in [0.2, 0.25) is 0 Å². The van der Waals surface area contributed by atoms with E-state index in [2.05, 4.69) is 45.3 Å². The first kappa shape index (κ1) is 9.91. The van der Waals surface area contributed by atoms with Crippen LogP contribution in [0.1, 0.15) is 27.2 Å². The summed E-state index contributed by atoms with van der Waals surface area (Å²) >= 11 is 1.88. The van der Waals surface area contributed by atoms with Gasteiger partial charge in [0.1, 0.15) is 0 Å². The maximum absolute atomic E-state index is 2.33. The summed E-state index contributed by atoms with van der Waals surface area (Å²) in [4.78, 5) is 1.51. The summed E-state index contributed by atoms with van der Waals surface area (Å²) in [7, 11) is 0. The molecule has 0 fully saturated rings. The van der Waals surface area contributed by atoms with Crippen molar-refractivity contribution in [3.63, 3.8) is 0 Å². The number of rotatable bonds is 1. The molecule has 12 heavy (non-hydrogen) atoms. The summed E-state index contributed by atoms with van der Waals surface area (Å²) in [5, 5.41) is 0. The number of thioether (sulfide) groups is 1. The molecule has 0 heterocycles. The van der Waals surface area contributed by atoms with Gasteiger partial charge in [-0.05, 0) is 28.9 Å². The second-order valence-electron chi connectivity index (χ2n) is 4.40. The van der Waals surface area contributed by atoms with Crippen molar-refractivity contribution in [2.24, 2.45) is 11.3 Å². The normalized spacial score (nSPS) is 24.0. The highest BCUT2D eigenvalue weighted by Gasteiger charge is 2.23. The van der Waals surface area contributed by atoms with Crippen LogP contribution in [0.5, 0.6) is 0 Å². The van der Waals surface area contributed by atoms with Gasteiger partial charge in [-0.1, -0.05) is 39.0 Å². The molecule has 0 bridgehead atoms. The van der Waals surface area contributed by atoms with E-state index in [1.54, 1.807) is 0 Å². The van der Waals surface area contributed by atoms with Crippen LogP contribution in [-0.2, 0) is 0 Å². The van der Waals surface area contributed by atoms with E-state index in [9.17, 15) is 0 Å². The molecule has 0 saturated heterocycles. The second-order valence-corrected chi connectivity index (χ2v) is 5.33. The molecule has 1 atom stereocenters. The fraction of sp³-hybridized carbons (Fsp3) is 0.636. The Kier molecular flexibility index (Phi) is 3.05. The highest BCUT2D eigenvalue weighted by Crippen LogP contribution is 2.36. The minimum Gasteiger partial charge on any atom is -0.134 e. The zero-order valence-electron chi connectivity index (χ0n) is 8.42. The third kappa shape index (κ3) is 2.41. The van der Waals surface area contributed by atoms with Crippen LogP contribution in [0.3, 0.4) is 0 Å². The van der Waals surface area contributed by atoms with Crippen LogP contribution in [0.2, 0.25) is 0 Å². The smallest absolute Gasteiger partial charge is 0.0136 e. The van der Waals surface area contributed by atoms with Crippen molar-refractivity contribution in [2.75, 3.05) is 6.26 Å². The van der Waals surface area contributed by atoms with Gasteiger partial charge in [-0.15, -0.1) is 11.8 Å². The monoisotopic (exact) mass is 182 g/mol. The van der Waals surface area contributed by atoms with E-state index in [1.165, 1.54) is 11.3 Å². The van der Waals surface area contributed by atoms with Gasteiger partial charge < -0.3 is 0 Å². The molecule has 1 heteroatoms. The Balaban J connectivity index is 2.65. The summed E-state index contributed by atoms with van der Waals surface area (Å²) in [6.07, 6.45) is 10.1. The Morgan fingerprint density at radius 2 is 2.08 bits per heavy atom. The summed E-state index contributed by atoms with van der Waals surface area (Å²) in [6, 6.07) is 0. The van der Waals surface area contributed by atoms with Crippen molar-refractivity contribution in [2.45, 2.75) is 27.2 Å². The van der Waals surface area contributed by atoms with Crippen LogP contribution < -0.4 is 0 Å². The molecule has 1 unspecified atom stereocenters. The van der Waals surface area contributed by atoms with Gasteiger partial charge in [0.25, 0.3) is 0 Å². The standard InChI is InChI=1S/C11H18S/c1-11(2,3)9-6-5-7-10(8-9)12-4/h5-7,9H,8H2,1-4H3. The van der Waals surface area contributed by atoms with E-state index in [0.717, 1.165) is 0 Å². The van der Waals surface area contributed by atoms with Crippen LogP contribution in [0, 0.1) is 11.3 Å². The minimum atomic E-state index is 0.408. The zero-order valence-corrected chi connectivity index (χ0v) is 9.24. The van der Waals surface area contributed by atoms with Gasteiger partial charge in [-0.3, -0.25) is 0 Å². The summed E-state index contributed by atoms with van der Waals surface area (Å²) in [6.45, 7) is 6.93. The first-order valence-electron chi connectivity index (χ1n) is 4.45. The van der Waals surface area contributed by atoms with E-state index in [1.807, 2.05) is 11.8 Å². The molecule has 0 radical (unpaired) electrons. The van der Waals surface area contributed by atoms with Crippen LogP contribution in [0.25, 0.3) is 0 Å². The molecule has 1 rings (SSSR count). The molecule has 0 N–H and O–H groups in total. The van der Waals surface area contributed by atoms with Crippen LogP contribution in [-0.4, -0.2) is 6.26 Å². The van der Waals surface area contributed by atoms with Crippen LogP contribution >= 0.6 is 11.8 Å². The van der Waals surface area contributed by atoms with Crippen molar-refractivity contribution in [1.82, 2.24) is 0 Å². The molecule has 0 nitrogen and oxygen atoms in total. The molecule has 0 saturated carbocycles. The summed E-state index contributed by atoms with van der Waals surface area (Å²) in [5.74, 6) is 0.713. The van der Waals surface area contributed by atoms with Gasteiger partial charge in [0.05, 0.1) is 0 Å². The lowest BCUT2D eigenvalue weighted by Gasteiger charge is -2.30. The van der Waals surface area contributed by atoms with Gasteiger partial charge in [0.15, 0.2) is 0 Å². The van der Waals surface area contributed by atoms with Crippen molar-refractivity contribution in [3.05, 3.63) is 23.1 Å². The molecule has 0 spiro atoms. The predicted molar refractivity (Wildman–Crippen MR) is 58.3 cm³/mol. The lowest BCUT2D eigenvalue weighted by atomic mass is 9.77. The minimum absolute atomic E-state index is 0.408. The molecule has 68 valence electrons. The van der Waals surface area contributed by atoms with Crippen LogP contribution in [0.4, 0.5) is 0 Å². The Hall–Kier alpha value is -0.170. The SMILES string of the molecule is CSC1=CC=CC(C(C)(C)C)C1. The lowest BCUT2D eigenvalue weighted by molar-refractivity contribution is 0.292. The average molecular weight is 182 g/mol. The van der Waals surface area contributed by atoms with E-state index in [-0.39, 0.29) is 0 Å². The van der Waals surface area contributed by atoms with Gasteiger partial charge in [-0.25, -0.2) is 0 Å². The molecular formula is C11H18S. The molecule has 1 aliphatic rings. The molecular weight excluding hydrogens is 164 g/mol. The Morgan fingerprint density at radius 1 is 1.42 bits per heavy atom. The summed E-state index contributed by atoms with van der Waals surface area (Å²) in [5.41, 5.74) is 0.408. The van der Waals surface area contributed by atoms with Gasteiger partial charge in [0, 0.05) is 0 Å². The quantitative estimate of drug-likeness (QED) is 0.593. The van der Waals surface area contributed by atoms with E-state index in [4.69, 9.17) is 0 Å². The van der Waals surface area contributed by atoms with E-state index in [0.29, 0.717) is 11.3 Å². The first-order chi connectivity index (χ1) is 5.54. The molecule has 1 aliphatic carbocycles. The Morgan fingerprint density at radius 3 is 2.58 bits per heavy atom. The lowest BCUT2D eigenvalue weighted by Crippen LogP contribution is -2.19. The molecule has 0 aliphatic heterocycles. The first-order valence-corrected chi connectivity index (χ1v) is 5.68. The molecule has 0 aromatic heterocycles. The third-order valence-corrected chi connectivity index (χ3v) is 3.25. The van der Waals surface area contributed by atoms with Gasteiger partial charge in [-0.2, -0.15) is 0 Å². The molecule has 0 amide bonds. The zero-order chi connectivity index (χ0) is 9.19. The molecule has 0 aromatic carbocycles. The molecule has 0 aromatic rings. The van der Waals surface area contributed by atoms with E-state index >= 15 is 0 Å². The fourth-order valence-corrected chi connectivity index (χ4v) is 1.96. The maximum atomic E-state index is 2.33. The number of hydrogen-bond acceptors (Lipinski definition) is 1. The topological polar surface area (TPSA) is 0 Å². The van der Waals surface area contributed by atoms with Crippen molar-refractivity contribution < 1.29 is 0 Å². The van der Waals surface area contributed by atoms with Crippen LogP contribution in [0.15, 0.2) is 23.1 Å². The van der Waals surface area contributed by atoms with Crippen molar-refractivity contribution >= 4 is 11.8 Å². The fourth-order valence-electron chi connectivity index (χ4n) is 1.40. The largest absolute Gasteiger partial charge is 0.134 e. The number of hydrogen-bond donors (Lipinski definition) is 0. The third-order valence-electron chi connectivity index (χ3n) is 2.42. The van der Waals surface area contributed by atoms with E-state index < -0.39 is 0 Å². The second kappa shape index (κ2) is 3.69. The maximum Gasteiger partial charge on any atom is -0.0136 e. The van der Waals surface area contributed by atoms with Gasteiger partial charge >= 0.3 is 0 Å². The number of allylic oxidation sites excluding steroid dienone is 4. The Labute approximate surface area is 80.1 Å². The average Bonchev–Trinajstić information content (AvgIpc) is 2.03. The predicted octanol–water partition coefficient (Wildman–Crippen LogP) is 3.86. The summed E-state index contributed by atoms with van der Waals surface area (Å²) < 4.78 is 0. The van der Waals surface area contributed by atoms with Crippen molar-refractivity contribution in [3.8, 4) is 0 Å². The Bertz CT molecular complexity index is 206. The highest BCUT2D eigenvalue weighted by atomic mass is 32.2.